The third-order valence-electron chi connectivity index (χ3n) is 2.34. The second kappa shape index (κ2) is 5.74. The fraction of sp³-hybridized carbons (Fsp3) is 0. The maximum Gasteiger partial charge on any atom is 0.147 e. The van der Waals surface area contributed by atoms with E-state index in [0.717, 1.165) is 0 Å². The van der Waals surface area contributed by atoms with E-state index in [-0.39, 0.29) is 10.0 Å². The third-order valence-corrected chi connectivity index (χ3v) is 3.36. The van der Waals surface area contributed by atoms with E-state index in [9.17, 15) is 4.39 Å². The lowest BCUT2D eigenvalue weighted by Crippen LogP contribution is -2.11. The smallest absolute Gasteiger partial charge is 0.147 e. The molecular weight excluding hydrogens is 308 g/mol. The van der Waals surface area contributed by atoms with Crippen molar-refractivity contribution in [3.05, 3.63) is 57.8 Å². The van der Waals surface area contributed by atoms with Crippen molar-refractivity contribution in [2.75, 3.05) is 0 Å². The van der Waals surface area contributed by atoms with Crippen LogP contribution in [0.2, 0.25) is 10.0 Å². The van der Waals surface area contributed by atoms with Crippen molar-refractivity contribution >= 4 is 40.4 Å². The van der Waals surface area contributed by atoms with E-state index >= 15 is 0 Å². The second-order valence-corrected chi connectivity index (χ2v) is 4.88. The molecule has 6 heteroatoms. The van der Waals surface area contributed by atoms with Crippen molar-refractivity contribution in [3.8, 4) is 11.5 Å². The zero-order valence-corrected chi connectivity index (χ0v) is 11.8. The average Bonchev–Trinajstić information content (AvgIpc) is 2.36. The van der Waals surface area contributed by atoms with Crippen LogP contribution in [0.5, 0.6) is 11.5 Å². The first-order valence-corrected chi connectivity index (χ1v) is 6.36. The molecule has 0 aliphatic carbocycles. The van der Waals surface area contributed by atoms with Crippen molar-refractivity contribution in [2.24, 2.45) is 5.73 Å². The van der Waals surface area contributed by atoms with Gasteiger partial charge in [0.15, 0.2) is 0 Å². The summed E-state index contributed by atoms with van der Waals surface area (Å²) in [6, 6.07) is 8.84. The molecule has 0 bridgehead atoms. The molecule has 0 atom stereocenters. The van der Waals surface area contributed by atoms with E-state index in [1.807, 2.05) is 0 Å². The first-order chi connectivity index (χ1) is 8.99. The topological polar surface area (TPSA) is 35.2 Å². The molecule has 0 aliphatic heterocycles. The van der Waals surface area contributed by atoms with Crippen LogP contribution in [0.15, 0.2) is 36.4 Å². The minimum Gasteiger partial charge on any atom is -0.455 e. The van der Waals surface area contributed by atoms with Crippen LogP contribution in [-0.4, -0.2) is 4.99 Å². The molecule has 2 nitrogen and oxygen atoms in total. The largest absolute Gasteiger partial charge is 0.455 e. The van der Waals surface area contributed by atoms with Gasteiger partial charge in [-0.3, -0.25) is 0 Å². The Kier molecular flexibility index (Phi) is 4.24. The molecule has 2 rings (SSSR count). The molecule has 0 fully saturated rings. The van der Waals surface area contributed by atoms with Gasteiger partial charge < -0.3 is 10.5 Å². The first-order valence-electron chi connectivity index (χ1n) is 5.20. The van der Waals surface area contributed by atoms with Crippen LogP contribution in [0.3, 0.4) is 0 Å². The highest BCUT2D eigenvalue weighted by Crippen LogP contribution is 2.35. The van der Waals surface area contributed by atoms with Crippen LogP contribution < -0.4 is 10.5 Å². The minimum absolute atomic E-state index is 0.0349. The van der Waals surface area contributed by atoms with Gasteiger partial charge in [-0.2, -0.15) is 0 Å². The summed E-state index contributed by atoms with van der Waals surface area (Å²) in [6.45, 7) is 0. The van der Waals surface area contributed by atoms with Crippen LogP contribution in [-0.2, 0) is 0 Å². The van der Waals surface area contributed by atoms with Crippen molar-refractivity contribution in [3.63, 3.8) is 0 Å². The number of rotatable bonds is 3. The van der Waals surface area contributed by atoms with Crippen molar-refractivity contribution < 1.29 is 9.13 Å². The van der Waals surface area contributed by atoms with Gasteiger partial charge in [-0.05, 0) is 30.3 Å². The highest BCUT2D eigenvalue weighted by molar-refractivity contribution is 7.80. The van der Waals surface area contributed by atoms with Gasteiger partial charge in [-0.15, -0.1) is 0 Å². The molecule has 98 valence electrons. The molecule has 2 N–H and O–H groups in total. The number of ether oxygens (including phenoxy) is 1. The number of halogens is 3. The van der Waals surface area contributed by atoms with Gasteiger partial charge in [0, 0.05) is 0 Å². The predicted octanol–water partition coefficient (Wildman–Crippen LogP) is 4.56. The molecular formula is C13H8Cl2FNOS. The van der Waals surface area contributed by atoms with Crippen LogP contribution >= 0.6 is 35.4 Å². The van der Waals surface area contributed by atoms with Crippen molar-refractivity contribution in [1.29, 1.82) is 0 Å². The Bertz CT molecular complexity index is 649. The molecule has 0 spiro atoms. The lowest BCUT2D eigenvalue weighted by Gasteiger charge is -2.12. The molecule has 2 aromatic carbocycles. The Labute approximate surface area is 124 Å². The van der Waals surface area contributed by atoms with Gasteiger partial charge in [0.25, 0.3) is 0 Å². The fourth-order valence-corrected chi connectivity index (χ4v) is 1.96. The van der Waals surface area contributed by atoms with Crippen LogP contribution in [0.1, 0.15) is 5.56 Å². The molecule has 0 saturated heterocycles. The maximum absolute atomic E-state index is 13.2. The standard InChI is InChI=1S/C13H8Cl2FNOS/c14-9-2-1-3-11(12(9)15)18-10-5-4-7(16)6-8(10)13(17)19/h1-6H,(H2,17,19). The molecule has 2 aromatic rings. The molecule has 0 amide bonds. The van der Waals surface area contributed by atoms with E-state index < -0.39 is 5.82 Å². The lowest BCUT2D eigenvalue weighted by molar-refractivity contribution is 0.480. The van der Waals surface area contributed by atoms with E-state index in [4.69, 9.17) is 45.9 Å². The summed E-state index contributed by atoms with van der Waals surface area (Å²) >= 11 is 16.8. The monoisotopic (exact) mass is 315 g/mol. The summed E-state index contributed by atoms with van der Waals surface area (Å²) in [4.78, 5) is 0.0349. The van der Waals surface area contributed by atoms with Crippen LogP contribution in [0.4, 0.5) is 4.39 Å². The lowest BCUT2D eigenvalue weighted by atomic mass is 10.2. The number of nitrogens with two attached hydrogens (primary N) is 1. The van der Waals surface area contributed by atoms with E-state index in [2.05, 4.69) is 0 Å². The highest BCUT2D eigenvalue weighted by atomic mass is 35.5. The summed E-state index contributed by atoms with van der Waals surface area (Å²) in [5, 5.41) is 0.625. The minimum atomic E-state index is -0.452. The zero-order valence-electron chi connectivity index (χ0n) is 9.49. The fourth-order valence-electron chi connectivity index (χ4n) is 1.47. The van der Waals surface area contributed by atoms with Crippen molar-refractivity contribution in [2.45, 2.75) is 0 Å². The van der Waals surface area contributed by atoms with E-state index in [1.165, 1.54) is 18.2 Å². The number of hydrogen-bond acceptors (Lipinski definition) is 2. The summed E-state index contributed by atoms with van der Waals surface area (Å²) in [5.74, 6) is 0.212. The Morgan fingerprint density at radius 1 is 1.16 bits per heavy atom. The second-order valence-electron chi connectivity index (χ2n) is 3.66. The molecule has 0 aliphatic rings. The number of thiocarbonyl (C=S) groups is 1. The number of hydrogen-bond donors (Lipinski definition) is 1. The normalized spacial score (nSPS) is 10.3. The van der Waals surface area contributed by atoms with Crippen molar-refractivity contribution in [1.82, 2.24) is 0 Å². The average molecular weight is 316 g/mol. The summed E-state index contributed by atoms with van der Waals surface area (Å²) in [5.41, 5.74) is 5.83. The molecule has 0 saturated carbocycles. The SMILES string of the molecule is NC(=S)c1cc(F)ccc1Oc1cccc(Cl)c1Cl. The molecule has 0 radical (unpaired) electrons. The quantitative estimate of drug-likeness (QED) is 0.843. The van der Waals surface area contributed by atoms with Gasteiger partial charge in [0.05, 0.1) is 10.6 Å². The van der Waals surface area contributed by atoms with E-state index in [0.29, 0.717) is 22.1 Å². The van der Waals surface area contributed by atoms with Crippen LogP contribution in [0, 0.1) is 5.82 Å². The first kappa shape index (κ1) is 14.1. The van der Waals surface area contributed by atoms with Gasteiger partial charge in [-0.1, -0.05) is 41.5 Å². The molecule has 0 aromatic heterocycles. The molecule has 0 heterocycles. The molecule has 19 heavy (non-hydrogen) atoms. The maximum atomic E-state index is 13.2. The Hall–Kier alpha value is -1.36. The number of benzene rings is 2. The zero-order chi connectivity index (χ0) is 14.0. The van der Waals surface area contributed by atoms with Gasteiger partial charge in [0.1, 0.15) is 27.3 Å². The molecule has 0 unspecified atom stereocenters. The van der Waals surface area contributed by atoms with Gasteiger partial charge in [0.2, 0.25) is 0 Å². The summed E-state index contributed by atoms with van der Waals surface area (Å²) in [7, 11) is 0. The van der Waals surface area contributed by atoms with Gasteiger partial charge in [-0.25, -0.2) is 4.39 Å². The Morgan fingerprint density at radius 2 is 1.89 bits per heavy atom. The predicted molar refractivity (Wildman–Crippen MR) is 78.8 cm³/mol. The Balaban J connectivity index is 2.44. The summed E-state index contributed by atoms with van der Waals surface area (Å²) < 4.78 is 18.8. The Morgan fingerprint density at radius 3 is 2.58 bits per heavy atom. The third kappa shape index (κ3) is 3.15. The van der Waals surface area contributed by atoms with Crippen LogP contribution in [0.25, 0.3) is 0 Å². The van der Waals surface area contributed by atoms with E-state index in [1.54, 1.807) is 18.2 Å². The highest BCUT2D eigenvalue weighted by Gasteiger charge is 2.12. The summed E-state index contributed by atoms with van der Waals surface area (Å²) in [6.07, 6.45) is 0. The van der Waals surface area contributed by atoms with Gasteiger partial charge >= 0.3 is 0 Å².